The van der Waals surface area contributed by atoms with Crippen molar-refractivity contribution in [1.29, 1.82) is 0 Å². The zero-order chi connectivity index (χ0) is 22.7. The summed E-state index contributed by atoms with van der Waals surface area (Å²) in [7, 11) is 0. The average molecular weight is 435 g/mol. The maximum absolute atomic E-state index is 13.3. The lowest BCUT2D eigenvalue weighted by Crippen LogP contribution is -2.55. The summed E-state index contributed by atoms with van der Waals surface area (Å²) in [6, 6.07) is 13.8. The molecule has 1 aliphatic heterocycles. The SMILES string of the molecule is CC(=O)NC(Cc1c[nH]c2ccccc12)C(=O)N1CCN(c2ccccc2[N+](=O)[O-])CC1. The van der Waals surface area contributed by atoms with Crippen molar-refractivity contribution < 1.29 is 14.5 Å². The number of para-hydroxylation sites is 3. The fraction of sp³-hybridized carbons (Fsp3) is 0.304. The molecule has 1 saturated heterocycles. The van der Waals surface area contributed by atoms with Gasteiger partial charge in [0.15, 0.2) is 0 Å². The van der Waals surface area contributed by atoms with Crippen LogP contribution in [0.5, 0.6) is 0 Å². The molecule has 4 rings (SSSR count). The third-order valence-electron chi connectivity index (χ3n) is 5.79. The molecule has 2 heterocycles. The highest BCUT2D eigenvalue weighted by Crippen LogP contribution is 2.28. The standard InChI is InChI=1S/C23H25N5O4/c1-16(29)25-20(14-17-15-24-19-7-3-2-6-18(17)19)23(30)27-12-10-26(11-13-27)21-8-4-5-9-22(21)28(31)32/h2-9,15,20,24H,10-14H2,1H3,(H,25,29). The topological polar surface area (TPSA) is 112 Å². The van der Waals surface area contributed by atoms with Crippen LogP contribution in [-0.4, -0.2) is 58.8 Å². The Balaban J connectivity index is 1.47. The number of carbonyl (C=O) groups excluding carboxylic acids is 2. The number of rotatable bonds is 6. The van der Waals surface area contributed by atoms with Crippen LogP contribution in [0.25, 0.3) is 10.9 Å². The van der Waals surface area contributed by atoms with E-state index in [1.54, 1.807) is 23.1 Å². The van der Waals surface area contributed by atoms with Crippen molar-refractivity contribution in [2.24, 2.45) is 0 Å². The highest BCUT2D eigenvalue weighted by atomic mass is 16.6. The van der Waals surface area contributed by atoms with Gasteiger partial charge >= 0.3 is 0 Å². The minimum atomic E-state index is -0.677. The van der Waals surface area contributed by atoms with Crippen molar-refractivity contribution in [1.82, 2.24) is 15.2 Å². The highest BCUT2D eigenvalue weighted by molar-refractivity contribution is 5.89. The maximum Gasteiger partial charge on any atom is 0.292 e. The molecule has 0 aliphatic carbocycles. The summed E-state index contributed by atoms with van der Waals surface area (Å²) in [6.45, 7) is 3.22. The molecule has 9 nitrogen and oxygen atoms in total. The number of carbonyl (C=O) groups is 2. The van der Waals surface area contributed by atoms with Crippen LogP contribution in [0, 0.1) is 10.1 Å². The Morgan fingerprint density at radius 2 is 1.78 bits per heavy atom. The lowest BCUT2D eigenvalue weighted by molar-refractivity contribution is -0.384. The molecule has 2 amide bonds. The Hall–Kier alpha value is -3.88. The van der Waals surface area contributed by atoms with Crippen LogP contribution in [0.15, 0.2) is 54.7 Å². The predicted octanol–water partition coefficient (Wildman–Crippen LogP) is 2.47. The molecule has 0 saturated carbocycles. The number of nitrogens with zero attached hydrogens (tertiary/aromatic N) is 3. The van der Waals surface area contributed by atoms with E-state index in [0.717, 1.165) is 16.5 Å². The van der Waals surface area contributed by atoms with E-state index in [-0.39, 0.29) is 22.4 Å². The number of H-pyrrole nitrogens is 1. The number of amides is 2. The highest BCUT2D eigenvalue weighted by Gasteiger charge is 2.30. The molecule has 1 unspecified atom stereocenters. The van der Waals surface area contributed by atoms with Gasteiger partial charge in [0.1, 0.15) is 11.7 Å². The molecule has 32 heavy (non-hydrogen) atoms. The van der Waals surface area contributed by atoms with Crippen LogP contribution >= 0.6 is 0 Å². The fourth-order valence-corrected chi connectivity index (χ4v) is 4.24. The molecular weight excluding hydrogens is 410 g/mol. The van der Waals surface area contributed by atoms with Crippen LogP contribution in [0.4, 0.5) is 11.4 Å². The summed E-state index contributed by atoms with van der Waals surface area (Å²) in [4.78, 5) is 42.9. The predicted molar refractivity (Wildman–Crippen MR) is 121 cm³/mol. The Kier molecular flexibility index (Phi) is 6.07. The molecule has 1 atom stereocenters. The van der Waals surface area contributed by atoms with E-state index in [0.29, 0.717) is 38.3 Å². The van der Waals surface area contributed by atoms with E-state index in [4.69, 9.17) is 0 Å². The third-order valence-corrected chi connectivity index (χ3v) is 5.79. The van der Waals surface area contributed by atoms with Gasteiger partial charge in [-0.1, -0.05) is 30.3 Å². The number of piperazine rings is 1. The first kappa shape index (κ1) is 21.4. The molecule has 1 aromatic heterocycles. The van der Waals surface area contributed by atoms with Crippen LogP contribution in [0.2, 0.25) is 0 Å². The molecule has 1 fully saturated rings. The summed E-state index contributed by atoms with van der Waals surface area (Å²) >= 11 is 0. The lowest BCUT2D eigenvalue weighted by atomic mass is 10.0. The number of nitro groups is 1. The first-order valence-corrected chi connectivity index (χ1v) is 10.5. The Labute approximate surface area is 185 Å². The Morgan fingerprint density at radius 1 is 1.09 bits per heavy atom. The summed E-state index contributed by atoms with van der Waals surface area (Å²) in [5.41, 5.74) is 2.56. The Bertz CT molecular complexity index is 1150. The van der Waals surface area contributed by atoms with Crippen LogP contribution in [0.3, 0.4) is 0 Å². The minimum absolute atomic E-state index is 0.0581. The fourth-order valence-electron chi connectivity index (χ4n) is 4.24. The quantitative estimate of drug-likeness (QED) is 0.456. The number of aromatic nitrogens is 1. The smallest absolute Gasteiger partial charge is 0.292 e. The number of hydrogen-bond donors (Lipinski definition) is 2. The number of hydrogen-bond acceptors (Lipinski definition) is 5. The van der Waals surface area contributed by atoms with Gasteiger partial charge in [0, 0.05) is 62.7 Å². The van der Waals surface area contributed by atoms with E-state index < -0.39 is 6.04 Å². The van der Waals surface area contributed by atoms with Gasteiger partial charge in [0.25, 0.3) is 5.69 Å². The molecule has 0 bridgehead atoms. The monoisotopic (exact) mass is 435 g/mol. The van der Waals surface area contributed by atoms with E-state index in [1.165, 1.54) is 13.0 Å². The minimum Gasteiger partial charge on any atom is -0.362 e. The van der Waals surface area contributed by atoms with E-state index >= 15 is 0 Å². The third kappa shape index (κ3) is 4.41. The first-order valence-electron chi connectivity index (χ1n) is 10.5. The van der Waals surface area contributed by atoms with Crippen molar-refractivity contribution in [3.63, 3.8) is 0 Å². The van der Waals surface area contributed by atoms with Gasteiger partial charge in [-0.05, 0) is 17.7 Å². The first-order chi connectivity index (χ1) is 15.4. The summed E-state index contributed by atoms with van der Waals surface area (Å²) in [6.07, 6.45) is 2.26. The zero-order valence-electron chi connectivity index (χ0n) is 17.8. The molecule has 3 aromatic rings. The number of fused-ring (bicyclic) bond motifs is 1. The van der Waals surface area contributed by atoms with Crippen LogP contribution < -0.4 is 10.2 Å². The van der Waals surface area contributed by atoms with Gasteiger partial charge in [-0.2, -0.15) is 0 Å². The summed E-state index contributed by atoms with van der Waals surface area (Å²) < 4.78 is 0. The summed E-state index contributed by atoms with van der Waals surface area (Å²) in [5, 5.41) is 15.2. The molecular formula is C23H25N5O4. The van der Waals surface area contributed by atoms with Gasteiger partial charge in [-0.15, -0.1) is 0 Å². The van der Waals surface area contributed by atoms with Gasteiger partial charge in [-0.3, -0.25) is 19.7 Å². The van der Waals surface area contributed by atoms with Crippen LogP contribution in [-0.2, 0) is 16.0 Å². The molecule has 166 valence electrons. The number of anilines is 1. The molecule has 2 aromatic carbocycles. The second-order valence-electron chi connectivity index (χ2n) is 7.87. The number of aromatic amines is 1. The van der Waals surface area contributed by atoms with Crippen LogP contribution in [0.1, 0.15) is 12.5 Å². The molecule has 0 spiro atoms. The van der Waals surface area contributed by atoms with Gasteiger partial charge < -0.3 is 20.1 Å². The number of nitro benzene ring substituents is 1. The largest absolute Gasteiger partial charge is 0.362 e. The molecule has 0 radical (unpaired) electrons. The second kappa shape index (κ2) is 9.09. The molecule has 2 N–H and O–H groups in total. The van der Waals surface area contributed by atoms with Gasteiger partial charge in [0.05, 0.1) is 4.92 Å². The van der Waals surface area contributed by atoms with E-state index in [1.807, 2.05) is 35.4 Å². The summed E-state index contributed by atoms with van der Waals surface area (Å²) in [5.74, 6) is -0.408. The maximum atomic E-state index is 13.3. The molecule has 1 aliphatic rings. The normalized spacial score (nSPS) is 14.9. The Morgan fingerprint density at radius 3 is 2.50 bits per heavy atom. The van der Waals surface area contributed by atoms with Crippen molar-refractivity contribution in [3.05, 3.63) is 70.4 Å². The van der Waals surface area contributed by atoms with Crippen molar-refractivity contribution in [2.75, 3.05) is 31.1 Å². The van der Waals surface area contributed by atoms with E-state index in [2.05, 4.69) is 10.3 Å². The molecule has 9 heteroatoms. The van der Waals surface area contributed by atoms with Crippen molar-refractivity contribution in [2.45, 2.75) is 19.4 Å². The van der Waals surface area contributed by atoms with Gasteiger partial charge in [-0.25, -0.2) is 0 Å². The number of benzene rings is 2. The van der Waals surface area contributed by atoms with Gasteiger partial charge in [0.2, 0.25) is 11.8 Å². The number of nitrogens with one attached hydrogen (secondary N) is 2. The van der Waals surface area contributed by atoms with E-state index in [9.17, 15) is 19.7 Å². The second-order valence-corrected chi connectivity index (χ2v) is 7.87. The van der Waals surface area contributed by atoms with Crippen molar-refractivity contribution in [3.8, 4) is 0 Å². The lowest BCUT2D eigenvalue weighted by Gasteiger charge is -2.37. The average Bonchev–Trinajstić information content (AvgIpc) is 3.21. The van der Waals surface area contributed by atoms with Crippen molar-refractivity contribution >= 4 is 34.1 Å². The zero-order valence-corrected chi connectivity index (χ0v) is 17.8.